The van der Waals surface area contributed by atoms with Gasteiger partial charge in [0.05, 0.1) is 25.1 Å². The molecule has 0 spiro atoms. The van der Waals surface area contributed by atoms with Crippen LogP contribution in [0.15, 0.2) is 18.2 Å². The minimum atomic E-state index is -1.08. The van der Waals surface area contributed by atoms with Crippen LogP contribution in [0.3, 0.4) is 0 Å². The van der Waals surface area contributed by atoms with Gasteiger partial charge in [0.25, 0.3) is 0 Å². The lowest BCUT2D eigenvalue weighted by atomic mass is 10.0. The standard InChI is InChI=1S/C15H24N4O2.C4H6O4/c1-4-10-21-18-15(20)19(14(16)17)13-11(5-2)8-7-9-12(13)6-3;5-3(6)1-2-4(7)8/h7-9H,4-6,10H2,1-3H3,(H3,16,17)(H,18,20);1-2H2,(H,5,6)(H,7,8). The highest BCUT2D eigenvalue weighted by molar-refractivity contribution is 6.14. The van der Waals surface area contributed by atoms with Crippen molar-refractivity contribution in [2.75, 3.05) is 11.5 Å². The zero-order valence-corrected chi connectivity index (χ0v) is 17.0. The number of anilines is 1. The SMILES string of the molecule is CCCONC(=O)N(C(=N)N)c1c(CC)cccc1CC.O=C(O)CCC(=O)O. The fraction of sp³-hybridized carbons (Fsp3) is 0.474. The molecule has 6 N–H and O–H groups in total. The summed E-state index contributed by atoms with van der Waals surface area (Å²) in [5, 5.41) is 23.5. The lowest BCUT2D eigenvalue weighted by Crippen LogP contribution is -2.48. The lowest BCUT2D eigenvalue weighted by Gasteiger charge is -2.25. The summed E-state index contributed by atoms with van der Waals surface area (Å²) < 4.78 is 0. The molecule has 0 aliphatic carbocycles. The Balaban J connectivity index is 0.000000828. The molecule has 1 rings (SSSR count). The highest BCUT2D eigenvalue weighted by Gasteiger charge is 2.23. The Hall–Kier alpha value is -3.14. The Morgan fingerprint density at radius 1 is 1.07 bits per heavy atom. The lowest BCUT2D eigenvalue weighted by molar-refractivity contribution is -0.143. The van der Waals surface area contributed by atoms with E-state index in [1.54, 1.807) is 0 Å². The number of rotatable bonds is 9. The average Bonchev–Trinajstić information content (AvgIpc) is 2.67. The van der Waals surface area contributed by atoms with Gasteiger partial charge in [-0.3, -0.25) is 19.8 Å². The molecule has 0 radical (unpaired) electrons. The van der Waals surface area contributed by atoms with Crippen LogP contribution in [0.5, 0.6) is 0 Å². The number of amides is 2. The van der Waals surface area contributed by atoms with Gasteiger partial charge in [0.1, 0.15) is 0 Å². The molecule has 2 amide bonds. The molecular weight excluding hydrogens is 380 g/mol. The van der Waals surface area contributed by atoms with Gasteiger partial charge in [-0.05, 0) is 30.4 Å². The molecular formula is C19H30N4O6. The van der Waals surface area contributed by atoms with Crippen LogP contribution < -0.4 is 16.1 Å². The second kappa shape index (κ2) is 13.9. The van der Waals surface area contributed by atoms with E-state index in [0.29, 0.717) is 12.3 Å². The van der Waals surface area contributed by atoms with Crippen LogP contribution >= 0.6 is 0 Å². The molecule has 162 valence electrons. The Morgan fingerprint density at radius 2 is 1.55 bits per heavy atom. The number of hydrogen-bond donors (Lipinski definition) is 5. The minimum Gasteiger partial charge on any atom is -0.481 e. The highest BCUT2D eigenvalue weighted by atomic mass is 16.7. The normalized spacial score (nSPS) is 9.76. The number of hydrogen-bond acceptors (Lipinski definition) is 5. The number of para-hydroxylation sites is 1. The maximum atomic E-state index is 12.3. The highest BCUT2D eigenvalue weighted by Crippen LogP contribution is 2.27. The number of carboxylic acid groups (broad SMARTS) is 2. The van der Waals surface area contributed by atoms with E-state index in [4.69, 9.17) is 26.2 Å². The number of aliphatic carboxylic acids is 2. The average molecular weight is 410 g/mol. The first-order valence-electron chi connectivity index (χ1n) is 9.29. The molecule has 10 heteroatoms. The number of aryl methyl sites for hydroxylation is 2. The van der Waals surface area contributed by atoms with Crippen LogP contribution in [-0.2, 0) is 27.3 Å². The molecule has 0 aliphatic heterocycles. The van der Waals surface area contributed by atoms with E-state index in [1.165, 1.54) is 0 Å². The third kappa shape index (κ3) is 9.56. The number of guanidine groups is 1. The van der Waals surface area contributed by atoms with Gasteiger partial charge in [0.15, 0.2) is 0 Å². The summed E-state index contributed by atoms with van der Waals surface area (Å²) in [6.45, 7) is 6.36. The number of carbonyl (C=O) groups is 3. The Bertz CT molecular complexity index is 672. The summed E-state index contributed by atoms with van der Waals surface area (Å²) in [7, 11) is 0. The maximum Gasteiger partial charge on any atom is 0.352 e. The molecule has 0 aliphatic rings. The van der Waals surface area contributed by atoms with E-state index in [9.17, 15) is 14.4 Å². The number of urea groups is 1. The van der Waals surface area contributed by atoms with Gasteiger partial charge in [0.2, 0.25) is 5.96 Å². The van der Waals surface area contributed by atoms with E-state index in [1.807, 2.05) is 39.0 Å². The zero-order chi connectivity index (χ0) is 22.4. The molecule has 0 heterocycles. The topological polar surface area (TPSA) is 166 Å². The van der Waals surface area contributed by atoms with E-state index >= 15 is 0 Å². The number of carbonyl (C=O) groups excluding carboxylic acids is 1. The molecule has 0 saturated carbocycles. The molecule has 0 fully saturated rings. The van der Waals surface area contributed by atoms with Gasteiger partial charge in [-0.2, -0.15) is 0 Å². The molecule has 0 saturated heterocycles. The van der Waals surface area contributed by atoms with Crippen LogP contribution in [0.4, 0.5) is 10.5 Å². The number of hydroxylamine groups is 1. The second-order valence-electron chi connectivity index (χ2n) is 5.90. The second-order valence-corrected chi connectivity index (χ2v) is 5.90. The first kappa shape index (κ1) is 25.9. The van der Waals surface area contributed by atoms with Crippen LogP contribution in [0.1, 0.15) is 51.2 Å². The first-order valence-corrected chi connectivity index (χ1v) is 9.29. The van der Waals surface area contributed by atoms with Gasteiger partial charge in [0, 0.05) is 0 Å². The third-order valence-corrected chi connectivity index (χ3v) is 3.65. The largest absolute Gasteiger partial charge is 0.481 e. The minimum absolute atomic E-state index is 0.296. The van der Waals surface area contributed by atoms with E-state index in [-0.39, 0.29) is 18.8 Å². The van der Waals surface area contributed by atoms with Crippen LogP contribution in [-0.4, -0.2) is 40.7 Å². The van der Waals surface area contributed by atoms with Crippen molar-refractivity contribution in [3.05, 3.63) is 29.3 Å². The summed E-state index contributed by atoms with van der Waals surface area (Å²) in [5.41, 5.74) is 10.6. The van der Waals surface area contributed by atoms with Gasteiger partial charge >= 0.3 is 18.0 Å². The predicted molar refractivity (Wildman–Crippen MR) is 109 cm³/mol. The van der Waals surface area contributed by atoms with Crippen molar-refractivity contribution in [2.45, 2.75) is 52.9 Å². The number of carboxylic acids is 2. The monoisotopic (exact) mass is 410 g/mol. The molecule has 10 nitrogen and oxygen atoms in total. The fourth-order valence-electron chi connectivity index (χ4n) is 2.31. The number of nitrogens with two attached hydrogens (primary N) is 1. The first-order chi connectivity index (χ1) is 13.7. The van der Waals surface area contributed by atoms with Crippen LogP contribution in [0, 0.1) is 5.41 Å². The van der Waals surface area contributed by atoms with Crippen molar-refractivity contribution in [3.8, 4) is 0 Å². The summed E-state index contributed by atoms with van der Waals surface area (Å²) in [6, 6.07) is 5.27. The summed E-state index contributed by atoms with van der Waals surface area (Å²) in [4.78, 5) is 37.8. The Labute approximate surface area is 170 Å². The van der Waals surface area contributed by atoms with Crippen molar-refractivity contribution in [2.24, 2.45) is 5.73 Å². The van der Waals surface area contributed by atoms with Gasteiger partial charge < -0.3 is 15.9 Å². The fourth-order valence-corrected chi connectivity index (χ4v) is 2.31. The molecule has 0 bridgehead atoms. The van der Waals surface area contributed by atoms with E-state index in [2.05, 4.69) is 5.48 Å². The zero-order valence-electron chi connectivity index (χ0n) is 17.0. The molecule has 1 aromatic rings. The molecule has 0 aromatic heterocycles. The van der Waals surface area contributed by atoms with Gasteiger partial charge in [-0.15, -0.1) is 0 Å². The summed E-state index contributed by atoms with van der Waals surface area (Å²) in [6.07, 6.45) is 1.68. The summed E-state index contributed by atoms with van der Waals surface area (Å²) >= 11 is 0. The van der Waals surface area contributed by atoms with Gasteiger partial charge in [-0.1, -0.05) is 39.0 Å². The molecule has 29 heavy (non-hydrogen) atoms. The predicted octanol–water partition coefficient (Wildman–Crippen LogP) is 2.50. The van der Waals surface area contributed by atoms with Crippen molar-refractivity contribution in [3.63, 3.8) is 0 Å². The number of benzene rings is 1. The Kier molecular flexibility index (Phi) is 12.4. The maximum absolute atomic E-state index is 12.3. The smallest absolute Gasteiger partial charge is 0.352 e. The number of nitrogens with zero attached hydrogens (tertiary/aromatic N) is 1. The van der Waals surface area contributed by atoms with E-state index in [0.717, 1.165) is 35.3 Å². The van der Waals surface area contributed by atoms with E-state index < -0.39 is 18.0 Å². The van der Waals surface area contributed by atoms with Gasteiger partial charge in [-0.25, -0.2) is 15.2 Å². The van der Waals surface area contributed by atoms with Crippen molar-refractivity contribution >= 4 is 29.6 Å². The number of nitrogens with one attached hydrogen (secondary N) is 2. The summed E-state index contributed by atoms with van der Waals surface area (Å²) in [5.74, 6) is -2.48. The molecule has 1 aromatic carbocycles. The molecule has 0 atom stereocenters. The Morgan fingerprint density at radius 3 is 1.90 bits per heavy atom. The van der Waals surface area contributed by atoms with Crippen LogP contribution in [0.2, 0.25) is 0 Å². The molecule has 0 unspecified atom stereocenters. The van der Waals surface area contributed by atoms with Crippen molar-refractivity contribution in [1.82, 2.24) is 5.48 Å². The van der Waals surface area contributed by atoms with Crippen LogP contribution in [0.25, 0.3) is 0 Å². The van der Waals surface area contributed by atoms with Crippen molar-refractivity contribution in [1.29, 1.82) is 5.41 Å². The van der Waals surface area contributed by atoms with Crippen molar-refractivity contribution < 1.29 is 29.4 Å². The third-order valence-electron chi connectivity index (χ3n) is 3.65. The quantitative estimate of drug-likeness (QED) is 0.180.